The van der Waals surface area contributed by atoms with Crippen LogP contribution in [0.1, 0.15) is 20.7 Å². The normalized spacial score (nSPS) is 10.4. The van der Waals surface area contributed by atoms with Crippen molar-refractivity contribution in [2.75, 3.05) is 0 Å². The van der Waals surface area contributed by atoms with Crippen molar-refractivity contribution in [3.63, 3.8) is 0 Å². The number of carboxylic acid groups (broad SMARTS) is 2. The molecule has 2 rings (SSSR count). The Morgan fingerprint density at radius 2 is 1.11 bits per heavy atom. The zero-order valence-corrected chi connectivity index (χ0v) is 8.91. The highest BCUT2D eigenvalue weighted by Crippen LogP contribution is 2.40. The van der Waals surface area contributed by atoms with Gasteiger partial charge in [0.2, 0.25) is 0 Å². The topological polar surface area (TPSA) is 115 Å². The van der Waals surface area contributed by atoms with E-state index in [0.29, 0.717) is 0 Å². The van der Waals surface area contributed by atoms with Crippen LogP contribution in [0, 0.1) is 0 Å². The molecule has 0 saturated carbocycles. The van der Waals surface area contributed by atoms with Gasteiger partial charge in [-0.1, -0.05) is 24.3 Å². The van der Waals surface area contributed by atoms with Crippen LogP contribution in [0.4, 0.5) is 0 Å². The number of carbonyl (C=O) groups is 2. The lowest BCUT2D eigenvalue weighted by Crippen LogP contribution is -2.04. The molecule has 0 bridgehead atoms. The van der Waals surface area contributed by atoms with Gasteiger partial charge in [0.05, 0.1) is 0 Å². The zero-order chi connectivity index (χ0) is 13.4. The van der Waals surface area contributed by atoms with Crippen LogP contribution in [-0.2, 0) is 0 Å². The summed E-state index contributed by atoms with van der Waals surface area (Å²) in [6.45, 7) is 0. The van der Waals surface area contributed by atoms with Crippen LogP contribution in [0.25, 0.3) is 10.8 Å². The molecule has 2 aromatic carbocycles. The van der Waals surface area contributed by atoms with E-state index in [1.165, 1.54) is 24.3 Å². The number of benzene rings is 2. The lowest BCUT2D eigenvalue weighted by Gasteiger charge is -2.10. The zero-order valence-electron chi connectivity index (χ0n) is 8.91. The van der Waals surface area contributed by atoms with E-state index < -0.39 is 34.6 Å². The van der Waals surface area contributed by atoms with E-state index in [2.05, 4.69) is 0 Å². The Bertz CT molecular complexity index is 615. The molecule has 0 aliphatic heterocycles. The fraction of sp³-hybridized carbons (Fsp3) is 0. The molecule has 0 aliphatic rings. The SMILES string of the molecule is O=C(O)c1c(O)c(O)c(C(=O)O)c2ccccc12. The summed E-state index contributed by atoms with van der Waals surface area (Å²) in [6.07, 6.45) is 0. The third-order valence-electron chi connectivity index (χ3n) is 2.59. The standard InChI is InChI=1S/C12H8O6/c13-9-7(11(15)16)5-3-1-2-4-6(5)8(10(9)14)12(17)18/h1-4,13-14H,(H,15,16)(H,17,18). The van der Waals surface area contributed by atoms with Gasteiger partial charge in [-0.25, -0.2) is 9.59 Å². The van der Waals surface area contributed by atoms with Crippen molar-refractivity contribution in [2.45, 2.75) is 0 Å². The Kier molecular flexibility index (Phi) is 2.55. The van der Waals surface area contributed by atoms with Crippen LogP contribution in [-0.4, -0.2) is 32.4 Å². The molecule has 0 radical (unpaired) electrons. The number of carboxylic acids is 2. The molecule has 0 fully saturated rings. The second kappa shape index (κ2) is 3.92. The molecule has 0 heterocycles. The van der Waals surface area contributed by atoms with Gasteiger partial charge >= 0.3 is 11.9 Å². The number of rotatable bonds is 2. The highest BCUT2D eigenvalue weighted by Gasteiger charge is 2.25. The summed E-state index contributed by atoms with van der Waals surface area (Å²) in [5, 5.41) is 37.3. The van der Waals surface area contributed by atoms with Crippen molar-refractivity contribution in [3.05, 3.63) is 35.4 Å². The highest BCUT2D eigenvalue weighted by atomic mass is 16.4. The molecule has 0 saturated heterocycles. The first-order valence-electron chi connectivity index (χ1n) is 4.88. The summed E-state index contributed by atoms with van der Waals surface area (Å²) < 4.78 is 0. The number of aromatic carboxylic acids is 2. The maximum Gasteiger partial charge on any atom is 0.340 e. The number of hydrogen-bond donors (Lipinski definition) is 4. The van der Waals surface area contributed by atoms with Crippen molar-refractivity contribution < 1.29 is 30.0 Å². The molecule has 6 nitrogen and oxygen atoms in total. The van der Waals surface area contributed by atoms with Gasteiger partial charge < -0.3 is 20.4 Å². The van der Waals surface area contributed by atoms with Crippen LogP contribution in [0.15, 0.2) is 24.3 Å². The van der Waals surface area contributed by atoms with Crippen molar-refractivity contribution in [1.82, 2.24) is 0 Å². The van der Waals surface area contributed by atoms with E-state index in [9.17, 15) is 19.8 Å². The van der Waals surface area contributed by atoms with E-state index in [1.807, 2.05) is 0 Å². The summed E-state index contributed by atoms with van der Waals surface area (Å²) in [4.78, 5) is 22.1. The molecule has 6 heteroatoms. The van der Waals surface area contributed by atoms with Gasteiger partial charge in [-0.2, -0.15) is 0 Å². The Balaban J connectivity index is 3.07. The molecule has 0 amide bonds. The number of fused-ring (bicyclic) bond motifs is 1. The van der Waals surface area contributed by atoms with E-state index in [1.54, 1.807) is 0 Å². The molecule has 92 valence electrons. The van der Waals surface area contributed by atoms with Crippen molar-refractivity contribution >= 4 is 22.7 Å². The minimum atomic E-state index is -1.45. The van der Waals surface area contributed by atoms with Crippen molar-refractivity contribution in [1.29, 1.82) is 0 Å². The largest absolute Gasteiger partial charge is 0.504 e. The first kappa shape index (κ1) is 11.7. The molecule has 0 atom stereocenters. The van der Waals surface area contributed by atoms with Gasteiger partial charge in [-0.05, 0) is 0 Å². The predicted octanol–water partition coefficient (Wildman–Crippen LogP) is 1.65. The minimum Gasteiger partial charge on any atom is -0.504 e. The summed E-state index contributed by atoms with van der Waals surface area (Å²) in [5.74, 6) is -4.79. The van der Waals surface area contributed by atoms with Gasteiger partial charge in [0.25, 0.3) is 0 Å². The minimum absolute atomic E-state index is 0.0534. The van der Waals surface area contributed by atoms with Crippen molar-refractivity contribution in [2.24, 2.45) is 0 Å². The van der Waals surface area contributed by atoms with Gasteiger partial charge in [0.1, 0.15) is 11.1 Å². The Morgan fingerprint density at radius 1 is 0.778 bits per heavy atom. The Hall–Kier alpha value is -2.76. The predicted molar refractivity (Wildman–Crippen MR) is 61.2 cm³/mol. The monoisotopic (exact) mass is 248 g/mol. The highest BCUT2D eigenvalue weighted by molar-refractivity contribution is 6.15. The molecule has 0 unspecified atom stereocenters. The second-order valence-electron chi connectivity index (χ2n) is 3.60. The first-order valence-corrected chi connectivity index (χ1v) is 4.88. The molecule has 4 N–H and O–H groups in total. The second-order valence-corrected chi connectivity index (χ2v) is 3.60. The lowest BCUT2D eigenvalue weighted by atomic mass is 9.97. The summed E-state index contributed by atoms with van der Waals surface area (Å²) in [5.41, 5.74) is -1.04. The fourth-order valence-electron chi connectivity index (χ4n) is 1.84. The first-order chi connectivity index (χ1) is 8.45. The Morgan fingerprint density at radius 3 is 1.39 bits per heavy atom. The van der Waals surface area contributed by atoms with Crippen LogP contribution >= 0.6 is 0 Å². The molecule has 0 aromatic heterocycles. The number of hydrogen-bond acceptors (Lipinski definition) is 4. The average Bonchev–Trinajstić information content (AvgIpc) is 2.29. The maximum absolute atomic E-state index is 11.1. The van der Waals surface area contributed by atoms with Gasteiger partial charge in [0, 0.05) is 10.8 Å². The van der Waals surface area contributed by atoms with Crippen LogP contribution in [0.3, 0.4) is 0 Å². The molecule has 0 spiro atoms. The molecule has 0 aliphatic carbocycles. The van der Waals surface area contributed by atoms with Crippen LogP contribution in [0.2, 0.25) is 0 Å². The number of aromatic hydroxyl groups is 2. The van der Waals surface area contributed by atoms with E-state index in [-0.39, 0.29) is 10.8 Å². The number of phenols is 2. The summed E-state index contributed by atoms with van der Waals surface area (Å²) in [7, 11) is 0. The lowest BCUT2D eigenvalue weighted by molar-refractivity contribution is 0.0677. The Labute approximate surface area is 100 Å². The van der Waals surface area contributed by atoms with Crippen molar-refractivity contribution in [3.8, 4) is 11.5 Å². The van der Waals surface area contributed by atoms with Gasteiger partial charge in [-0.15, -0.1) is 0 Å². The van der Waals surface area contributed by atoms with Gasteiger partial charge in [0.15, 0.2) is 11.5 Å². The average molecular weight is 248 g/mol. The molecular weight excluding hydrogens is 240 g/mol. The van der Waals surface area contributed by atoms with Gasteiger partial charge in [-0.3, -0.25) is 0 Å². The van der Waals surface area contributed by atoms with E-state index in [0.717, 1.165) is 0 Å². The molecule has 18 heavy (non-hydrogen) atoms. The third-order valence-corrected chi connectivity index (χ3v) is 2.59. The van der Waals surface area contributed by atoms with E-state index >= 15 is 0 Å². The molecule has 2 aromatic rings. The smallest absolute Gasteiger partial charge is 0.340 e. The van der Waals surface area contributed by atoms with E-state index in [4.69, 9.17) is 10.2 Å². The molecular formula is C12H8O6. The quantitative estimate of drug-likeness (QED) is 0.600. The summed E-state index contributed by atoms with van der Waals surface area (Å²) in [6, 6.07) is 5.75. The van der Waals surface area contributed by atoms with Crippen LogP contribution in [0.5, 0.6) is 11.5 Å². The fourth-order valence-corrected chi connectivity index (χ4v) is 1.84. The van der Waals surface area contributed by atoms with Crippen LogP contribution < -0.4 is 0 Å². The third kappa shape index (κ3) is 1.51. The maximum atomic E-state index is 11.1. The summed E-state index contributed by atoms with van der Waals surface area (Å²) >= 11 is 0.